The van der Waals surface area contributed by atoms with Gasteiger partial charge in [-0.25, -0.2) is 0 Å². The molecule has 0 spiro atoms. The molecule has 3 aromatic rings. The summed E-state index contributed by atoms with van der Waals surface area (Å²) < 4.78 is 0. The molecule has 0 bridgehead atoms. The summed E-state index contributed by atoms with van der Waals surface area (Å²) in [5.74, 6) is 0. The fourth-order valence-corrected chi connectivity index (χ4v) is 3.98. The van der Waals surface area contributed by atoms with Gasteiger partial charge in [0.2, 0.25) is 0 Å². The molecule has 0 amide bonds. The maximum atomic E-state index is 2.28. The zero-order valence-corrected chi connectivity index (χ0v) is 13.0. The summed E-state index contributed by atoms with van der Waals surface area (Å²) in [7, 11) is 1.30. The summed E-state index contributed by atoms with van der Waals surface area (Å²) in [5.41, 5.74) is 4.12. The van der Waals surface area contributed by atoms with Gasteiger partial charge in [0, 0.05) is 0 Å². The third-order valence-corrected chi connectivity index (χ3v) is 5.19. The van der Waals surface area contributed by atoms with Gasteiger partial charge in [0.1, 0.15) is 0 Å². The summed E-state index contributed by atoms with van der Waals surface area (Å²) in [6.07, 6.45) is 0. The second-order valence-corrected chi connectivity index (χ2v) is 6.51. The molecular formula is C19H18P. The van der Waals surface area contributed by atoms with E-state index in [1.807, 2.05) is 0 Å². The fourth-order valence-electron chi connectivity index (χ4n) is 2.78. The van der Waals surface area contributed by atoms with Crippen molar-refractivity contribution < 1.29 is 0 Å². The van der Waals surface area contributed by atoms with Gasteiger partial charge >= 0.3 is 0 Å². The molecule has 1 radical (unpaired) electrons. The van der Waals surface area contributed by atoms with E-state index in [0.717, 1.165) is 0 Å². The minimum absolute atomic E-state index is 1.30. The minimum Gasteiger partial charge on any atom is -0.0616 e. The lowest BCUT2D eigenvalue weighted by Gasteiger charge is -2.12. The third-order valence-electron chi connectivity index (χ3n) is 3.63. The molecule has 0 saturated heterocycles. The number of benzene rings is 3. The molecule has 0 fully saturated rings. The minimum atomic E-state index is 1.30. The van der Waals surface area contributed by atoms with Gasteiger partial charge in [0.05, 0.1) is 0 Å². The first kappa shape index (κ1) is 13.3. The predicted molar refractivity (Wildman–Crippen MR) is 90.8 cm³/mol. The van der Waals surface area contributed by atoms with E-state index in [2.05, 4.69) is 75.4 Å². The Hall–Kier alpha value is -1.65. The first-order valence-corrected chi connectivity index (χ1v) is 7.82. The van der Waals surface area contributed by atoms with Crippen molar-refractivity contribution in [1.82, 2.24) is 0 Å². The molecule has 1 heteroatoms. The quantitative estimate of drug-likeness (QED) is 0.597. The average Bonchev–Trinajstić information content (AvgIpc) is 2.43. The summed E-state index contributed by atoms with van der Waals surface area (Å²) in [5, 5.41) is 5.50. The van der Waals surface area contributed by atoms with Gasteiger partial charge < -0.3 is 0 Å². The summed E-state index contributed by atoms with van der Waals surface area (Å²) in [6.45, 7) is 6.60. The van der Waals surface area contributed by atoms with E-state index in [0.29, 0.717) is 0 Å². The zero-order valence-electron chi connectivity index (χ0n) is 12.1. The molecule has 20 heavy (non-hydrogen) atoms. The molecule has 0 aliphatic heterocycles. The van der Waals surface area contributed by atoms with Gasteiger partial charge in [-0.05, 0) is 61.9 Å². The molecule has 0 unspecified atom stereocenters. The Morgan fingerprint density at radius 3 is 2.15 bits per heavy atom. The van der Waals surface area contributed by atoms with Crippen LogP contribution in [-0.4, -0.2) is 0 Å². The Kier molecular flexibility index (Phi) is 3.59. The maximum absolute atomic E-state index is 2.28. The van der Waals surface area contributed by atoms with Crippen LogP contribution in [0.5, 0.6) is 0 Å². The van der Waals surface area contributed by atoms with Crippen molar-refractivity contribution in [3.05, 3.63) is 71.3 Å². The van der Waals surface area contributed by atoms with Crippen LogP contribution in [0.3, 0.4) is 0 Å². The second-order valence-electron chi connectivity index (χ2n) is 5.36. The molecule has 0 N–H and O–H groups in total. The molecule has 0 aliphatic carbocycles. The number of hydrogen-bond acceptors (Lipinski definition) is 0. The lowest BCUT2D eigenvalue weighted by atomic mass is 10.1. The van der Waals surface area contributed by atoms with Crippen LogP contribution in [0.25, 0.3) is 10.8 Å². The van der Waals surface area contributed by atoms with Crippen molar-refractivity contribution in [3.63, 3.8) is 0 Å². The number of fused-ring (bicyclic) bond motifs is 1. The van der Waals surface area contributed by atoms with Crippen LogP contribution in [0.2, 0.25) is 0 Å². The fraction of sp³-hybridized carbons (Fsp3) is 0.158. The summed E-state index contributed by atoms with van der Waals surface area (Å²) in [6, 6.07) is 19.8. The topological polar surface area (TPSA) is 0 Å². The lowest BCUT2D eigenvalue weighted by Crippen LogP contribution is -2.11. The molecule has 0 atom stereocenters. The largest absolute Gasteiger partial charge is 0.0616 e. The lowest BCUT2D eigenvalue weighted by molar-refractivity contribution is 1.36. The normalized spacial score (nSPS) is 11.6. The highest BCUT2D eigenvalue weighted by Crippen LogP contribution is 2.22. The second kappa shape index (κ2) is 5.38. The van der Waals surface area contributed by atoms with Gasteiger partial charge in [-0.2, -0.15) is 0 Å². The molecule has 3 aromatic carbocycles. The van der Waals surface area contributed by atoms with E-state index in [-0.39, 0.29) is 0 Å². The molecule has 0 heterocycles. The first-order chi connectivity index (χ1) is 9.65. The highest BCUT2D eigenvalue weighted by molar-refractivity contribution is 7.56. The Balaban J connectivity index is 2.10. The molecule has 0 aromatic heterocycles. The van der Waals surface area contributed by atoms with E-state index in [1.54, 1.807) is 0 Å². The van der Waals surface area contributed by atoms with Crippen molar-refractivity contribution in [3.8, 4) is 0 Å². The van der Waals surface area contributed by atoms with Crippen LogP contribution in [0.1, 0.15) is 16.7 Å². The number of aryl methyl sites for hydroxylation is 3. The Labute approximate surface area is 122 Å². The standard InChI is InChI=1S/C19H18P/c1-13-11-14(2)19(15(3)12-13)20-18-10-6-8-16-7-4-5-9-17(16)18/h4-12H,1-3H3. The highest BCUT2D eigenvalue weighted by atomic mass is 31.1. The molecule has 3 rings (SSSR count). The first-order valence-electron chi connectivity index (χ1n) is 6.92. The smallest absolute Gasteiger partial charge is 0.00679 e. The molecule has 0 nitrogen and oxygen atoms in total. The van der Waals surface area contributed by atoms with Crippen LogP contribution < -0.4 is 10.6 Å². The van der Waals surface area contributed by atoms with E-state index in [1.165, 1.54) is 46.7 Å². The van der Waals surface area contributed by atoms with Crippen molar-refractivity contribution in [1.29, 1.82) is 0 Å². The number of hydrogen-bond donors (Lipinski definition) is 0. The van der Waals surface area contributed by atoms with Gasteiger partial charge in [-0.3, -0.25) is 0 Å². The van der Waals surface area contributed by atoms with Gasteiger partial charge in [-0.1, -0.05) is 60.2 Å². The van der Waals surface area contributed by atoms with E-state index < -0.39 is 0 Å². The van der Waals surface area contributed by atoms with E-state index >= 15 is 0 Å². The monoisotopic (exact) mass is 277 g/mol. The maximum Gasteiger partial charge on any atom is -0.00679 e. The third kappa shape index (κ3) is 2.49. The van der Waals surface area contributed by atoms with Gasteiger partial charge in [-0.15, -0.1) is 0 Å². The van der Waals surface area contributed by atoms with Gasteiger partial charge in [0.15, 0.2) is 0 Å². The highest BCUT2D eigenvalue weighted by Gasteiger charge is 2.08. The van der Waals surface area contributed by atoms with Crippen LogP contribution in [-0.2, 0) is 0 Å². The zero-order chi connectivity index (χ0) is 14.1. The van der Waals surface area contributed by atoms with Crippen molar-refractivity contribution >= 4 is 30.0 Å². The van der Waals surface area contributed by atoms with Crippen molar-refractivity contribution in [2.45, 2.75) is 20.8 Å². The summed E-state index contributed by atoms with van der Waals surface area (Å²) in [4.78, 5) is 0. The van der Waals surface area contributed by atoms with E-state index in [9.17, 15) is 0 Å². The van der Waals surface area contributed by atoms with Gasteiger partial charge in [0.25, 0.3) is 0 Å². The molecule has 0 aliphatic rings. The SMILES string of the molecule is Cc1cc(C)c([P]c2cccc3ccccc23)c(C)c1. The van der Waals surface area contributed by atoms with Crippen LogP contribution in [0.4, 0.5) is 0 Å². The van der Waals surface area contributed by atoms with Crippen molar-refractivity contribution in [2.75, 3.05) is 0 Å². The predicted octanol–water partition coefficient (Wildman–Crippen LogP) is 4.66. The Morgan fingerprint density at radius 2 is 1.40 bits per heavy atom. The molecule has 99 valence electrons. The molecular weight excluding hydrogens is 259 g/mol. The van der Waals surface area contributed by atoms with E-state index in [4.69, 9.17) is 0 Å². The summed E-state index contributed by atoms with van der Waals surface area (Å²) >= 11 is 0. The van der Waals surface area contributed by atoms with Crippen LogP contribution >= 0.6 is 8.58 Å². The average molecular weight is 277 g/mol. The van der Waals surface area contributed by atoms with Crippen molar-refractivity contribution in [2.24, 2.45) is 0 Å². The van der Waals surface area contributed by atoms with Crippen LogP contribution in [0, 0.1) is 20.8 Å². The Bertz CT molecular complexity index is 743. The Morgan fingerprint density at radius 1 is 0.750 bits per heavy atom. The number of rotatable bonds is 2. The molecule has 0 saturated carbocycles. The van der Waals surface area contributed by atoms with Crippen LogP contribution in [0.15, 0.2) is 54.6 Å².